The third-order valence-corrected chi connectivity index (χ3v) is 6.95. The van der Waals surface area contributed by atoms with Crippen molar-refractivity contribution in [3.8, 4) is 0 Å². The van der Waals surface area contributed by atoms with Gasteiger partial charge in [0.05, 0.1) is 11.4 Å². The molecule has 0 spiro atoms. The molecule has 0 radical (unpaired) electrons. The van der Waals surface area contributed by atoms with Crippen LogP contribution < -0.4 is 4.90 Å². The summed E-state index contributed by atoms with van der Waals surface area (Å²) in [7, 11) is 0. The Labute approximate surface area is 159 Å². The number of nitrogens with one attached hydrogen (secondary N) is 1. The van der Waals surface area contributed by atoms with Crippen LogP contribution in [0.1, 0.15) is 28.6 Å². The van der Waals surface area contributed by atoms with Crippen molar-refractivity contribution in [1.29, 1.82) is 0 Å². The van der Waals surface area contributed by atoms with E-state index in [1.54, 1.807) is 22.7 Å². The second kappa shape index (κ2) is 7.30. The largest absolute Gasteiger partial charge is 0.338 e. The SMILES string of the molecule is O=C1C(=O)N(C[NH+]2CCC[C@@H]2c2cccs2)C(=O)N1CCc1cccs1. The number of carbonyl (C=O) groups excluding carboxylic acids is 3. The Morgan fingerprint density at radius 1 is 1.04 bits per heavy atom. The topological polar surface area (TPSA) is 62.1 Å². The quantitative estimate of drug-likeness (QED) is 0.601. The standard InChI is InChI=1S/C18H19N3O3S2/c22-16-17(23)21(18(24)20(16)9-7-13-4-2-10-25-13)12-19-8-1-5-14(19)15-6-3-11-26-15/h2-4,6,10-11,14H,1,5,7-9,12H2/p+1/t14-/m1/s1. The Kier molecular flexibility index (Phi) is 4.88. The van der Waals surface area contributed by atoms with Gasteiger partial charge in [-0.1, -0.05) is 12.1 Å². The number of quaternary nitrogens is 1. The van der Waals surface area contributed by atoms with Crippen LogP contribution in [0.3, 0.4) is 0 Å². The van der Waals surface area contributed by atoms with Crippen LogP contribution in [-0.4, -0.2) is 47.4 Å². The van der Waals surface area contributed by atoms with Crippen molar-refractivity contribution in [1.82, 2.24) is 9.80 Å². The molecule has 1 N–H and O–H groups in total. The highest BCUT2D eigenvalue weighted by Gasteiger charge is 2.47. The molecule has 2 aliphatic rings. The van der Waals surface area contributed by atoms with Gasteiger partial charge >= 0.3 is 17.8 Å². The zero-order valence-electron chi connectivity index (χ0n) is 14.2. The first-order valence-corrected chi connectivity index (χ1v) is 10.5. The Morgan fingerprint density at radius 2 is 1.81 bits per heavy atom. The van der Waals surface area contributed by atoms with Crippen molar-refractivity contribution < 1.29 is 19.3 Å². The number of thiophene rings is 2. The van der Waals surface area contributed by atoms with Crippen LogP contribution in [0.15, 0.2) is 35.0 Å². The summed E-state index contributed by atoms with van der Waals surface area (Å²) in [4.78, 5) is 43.1. The number of hydrogen-bond acceptors (Lipinski definition) is 5. The van der Waals surface area contributed by atoms with E-state index in [0.717, 1.165) is 34.1 Å². The Morgan fingerprint density at radius 3 is 2.54 bits per heavy atom. The molecule has 2 fully saturated rings. The van der Waals surface area contributed by atoms with E-state index in [9.17, 15) is 14.4 Å². The van der Waals surface area contributed by atoms with E-state index in [4.69, 9.17) is 0 Å². The Balaban J connectivity index is 1.44. The smallest absolute Gasteiger partial charge is 0.310 e. The van der Waals surface area contributed by atoms with Gasteiger partial charge in [0.15, 0.2) is 6.67 Å². The van der Waals surface area contributed by atoms with E-state index >= 15 is 0 Å². The molecule has 2 atom stereocenters. The molecule has 6 nitrogen and oxygen atoms in total. The molecule has 0 bridgehead atoms. The predicted molar refractivity (Wildman–Crippen MR) is 99.0 cm³/mol. The number of carbonyl (C=O) groups is 3. The maximum Gasteiger partial charge on any atom is 0.338 e. The summed E-state index contributed by atoms with van der Waals surface area (Å²) in [6.07, 6.45) is 2.69. The lowest BCUT2D eigenvalue weighted by molar-refractivity contribution is -0.925. The van der Waals surface area contributed by atoms with E-state index in [0.29, 0.717) is 12.5 Å². The highest BCUT2D eigenvalue weighted by Crippen LogP contribution is 2.24. The van der Waals surface area contributed by atoms with Crippen molar-refractivity contribution >= 4 is 40.5 Å². The van der Waals surface area contributed by atoms with Crippen molar-refractivity contribution in [2.24, 2.45) is 0 Å². The summed E-state index contributed by atoms with van der Waals surface area (Å²) in [6, 6.07) is 7.86. The highest BCUT2D eigenvalue weighted by molar-refractivity contribution is 7.10. The first-order chi connectivity index (χ1) is 12.6. The molecule has 0 saturated carbocycles. The van der Waals surface area contributed by atoms with E-state index in [1.165, 1.54) is 9.78 Å². The monoisotopic (exact) mass is 390 g/mol. The summed E-state index contributed by atoms with van der Waals surface area (Å²) < 4.78 is 0. The van der Waals surface area contributed by atoms with Gasteiger partial charge in [-0.3, -0.25) is 14.5 Å². The summed E-state index contributed by atoms with van der Waals surface area (Å²) in [5, 5.41) is 4.01. The zero-order chi connectivity index (χ0) is 18.1. The van der Waals surface area contributed by atoms with E-state index in [-0.39, 0.29) is 13.2 Å². The van der Waals surface area contributed by atoms with Crippen LogP contribution in [-0.2, 0) is 16.0 Å². The van der Waals surface area contributed by atoms with Crippen LogP contribution in [0.2, 0.25) is 0 Å². The second-order valence-electron chi connectivity index (χ2n) is 6.58. The molecule has 2 saturated heterocycles. The first-order valence-electron chi connectivity index (χ1n) is 8.73. The van der Waals surface area contributed by atoms with Crippen molar-refractivity contribution in [2.75, 3.05) is 19.8 Å². The Hall–Kier alpha value is -2.03. The van der Waals surface area contributed by atoms with Crippen LogP contribution >= 0.6 is 22.7 Å². The number of amides is 4. The average Bonchev–Trinajstić information content (AvgIpc) is 3.41. The average molecular weight is 391 g/mol. The Bertz CT molecular complexity index is 804. The molecule has 136 valence electrons. The van der Waals surface area contributed by atoms with Gasteiger partial charge in [-0.25, -0.2) is 9.69 Å². The van der Waals surface area contributed by atoms with Gasteiger partial charge in [0.2, 0.25) is 0 Å². The molecule has 8 heteroatoms. The van der Waals surface area contributed by atoms with E-state index in [1.807, 2.05) is 29.0 Å². The van der Waals surface area contributed by atoms with Gasteiger partial charge in [-0.15, -0.1) is 22.7 Å². The van der Waals surface area contributed by atoms with Gasteiger partial charge in [-0.05, 0) is 22.9 Å². The van der Waals surface area contributed by atoms with Gasteiger partial charge in [0, 0.05) is 30.7 Å². The van der Waals surface area contributed by atoms with Gasteiger partial charge in [-0.2, -0.15) is 0 Å². The predicted octanol–water partition coefficient (Wildman–Crippen LogP) is 1.52. The van der Waals surface area contributed by atoms with Gasteiger partial charge in [0.25, 0.3) is 0 Å². The molecular weight excluding hydrogens is 370 g/mol. The van der Waals surface area contributed by atoms with Crippen LogP contribution in [0.4, 0.5) is 4.79 Å². The molecule has 2 aromatic heterocycles. The third-order valence-electron chi connectivity index (χ3n) is 5.03. The van der Waals surface area contributed by atoms with Gasteiger partial charge < -0.3 is 4.90 Å². The molecule has 1 unspecified atom stereocenters. The fourth-order valence-corrected chi connectivity index (χ4v) is 5.32. The number of nitrogens with zero attached hydrogens (tertiary/aromatic N) is 2. The van der Waals surface area contributed by atoms with Crippen molar-refractivity contribution in [3.05, 3.63) is 44.8 Å². The molecular formula is C18H20N3O3S2+. The third kappa shape index (κ3) is 3.20. The molecule has 0 aromatic carbocycles. The normalized spacial score (nSPS) is 23.5. The number of likely N-dealkylation sites (tertiary alicyclic amines) is 1. The number of urea groups is 1. The molecule has 4 rings (SSSR count). The van der Waals surface area contributed by atoms with E-state index in [2.05, 4.69) is 6.07 Å². The van der Waals surface area contributed by atoms with Crippen molar-refractivity contribution in [3.63, 3.8) is 0 Å². The molecule has 4 heterocycles. The molecule has 4 amide bonds. The minimum absolute atomic E-state index is 0.254. The van der Waals surface area contributed by atoms with Crippen molar-refractivity contribution in [2.45, 2.75) is 25.3 Å². The fourth-order valence-electron chi connectivity index (χ4n) is 3.70. The lowest BCUT2D eigenvalue weighted by Gasteiger charge is -2.24. The first kappa shape index (κ1) is 17.4. The van der Waals surface area contributed by atoms with Crippen LogP contribution in [0.5, 0.6) is 0 Å². The van der Waals surface area contributed by atoms with Gasteiger partial charge in [0.1, 0.15) is 6.04 Å². The number of imide groups is 2. The van der Waals surface area contributed by atoms with E-state index < -0.39 is 17.8 Å². The fraction of sp³-hybridized carbons (Fsp3) is 0.389. The minimum atomic E-state index is -0.696. The lowest BCUT2D eigenvalue weighted by Crippen LogP contribution is -3.12. The van der Waals surface area contributed by atoms with Crippen LogP contribution in [0, 0.1) is 0 Å². The molecule has 2 aliphatic heterocycles. The maximum absolute atomic E-state index is 12.7. The highest BCUT2D eigenvalue weighted by atomic mass is 32.1. The summed E-state index contributed by atoms with van der Waals surface area (Å²) in [5.74, 6) is -1.39. The zero-order valence-corrected chi connectivity index (χ0v) is 15.9. The molecule has 0 aliphatic carbocycles. The summed E-state index contributed by atoms with van der Waals surface area (Å²) >= 11 is 3.29. The molecule has 26 heavy (non-hydrogen) atoms. The summed E-state index contributed by atoms with van der Waals surface area (Å²) in [5.41, 5.74) is 0. The lowest BCUT2D eigenvalue weighted by atomic mass is 10.2. The number of hydrogen-bond donors (Lipinski definition) is 1. The second-order valence-corrected chi connectivity index (χ2v) is 8.59. The maximum atomic E-state index is 12.7. The minimum Gasteiger partial charge on any atom is -0.310 e. The number of rotatable bonds is 6. The van der Waals surface area contributed by atoms with Crippen LogP contribution in [0.25, 0.3) is 0 Å². The molecule has 2 aromatic rings. The summed E-state index contributed by atoms with van der Waals surface area (Å²) in [6.45, 7) is 1.43.